The Hall–Kier alpha value is -4.97. The lowest BCUT2D eigenvalue weighted by Crippen LogP contribution is -2.58. The van der Waals surface area contributed by atoms with E-state index in [1.807, 2.05) is 6.92 Å². The summed E-state index contributed by atoms with van der Waals surface area (Å²) >= 11 is 6.64. The molecule has 1 spiro atoms. The van der Waals surface area contributed by atoms with Crippen molar-refractivity contribution >= 4 is 29.0 Å². The van der Waals surface area contributed by atoms with Gasteiger partial charge in [-0.05, 0) is 36.6 Å². The molecular weight excluding hydrogens is 630 g/mol. The van der Waals surface area contributed by atoms with Gasteiger partial charge in [-0.1, -0.05) is 31.2 Å². The molecule has 1 N–H and O–H groups in total. The molecule has 1 unspecified atom stereocenters. The summed E-state index contributed by atoms with van der Waals surface area (Å²) in [6.45, 7) is 7.64. The smallest absolute Gasteiger partial charge is 0.332 e. The lowest BCUT2D eigenvalue weighted by atomic mass is 9.66. The standard InChI is InChI=1S/C34H34ClN3O9/c1-15(2)14-46-20-12-17(9-10-19(20)43-6)23-24-18(36-31-26(23)32(41)38(5)33(42)37(31)4)11-16(3)34(29(24)39)30(40)25-21(44-7)13-22(45-8)27(35)28(25)47-34/h9-10,12-13,16,23,36H,1,11,14H2,2-8H3/t16-,23?,34+/m1/s1. The molecule has 0 radical (unpaired) electrons. The zero-order chi connectivity index (χ0) is 34.1. The van der Waals surface area contributed by atoms with Crippen molar-refractivity contribution in [2.75, 3.05) is 33.3 Å². The van der Waals surface area contributed by atoms with E-state index in [1.165, 1.54) is 39.0 Å². The number of nitrogens with zero attached hydrogens (tertiary/aromatic N) is 2. The Balaban J connectivity index is 1.61. The zero-order valence-corrected chi connectivity index (χ0v) is 27.8. The van der Waals surface area contributed by atoms with E-state index in [2.05, 4.69) is 11.9 Å². The minimum atomic E-state index is -2.03. The van der Waals surface area contributed by atoms with Crippen molar-refractivity contribution in [1.82, 2.24) is 9.13 Å². The van der Waals surface area contributed by atoms with E-state index in [9.17, 15) is 14.4 Å². The molecule has 0 saturated carbocycles. The number of rotatable bonds is 7. The number of hydrogen-bond acceptors (Lipinski definition) is 10. The minimum Gasteiger partial charge on any atom is -0.496 e. The summed E-state index contributed by atoms with van der Waals surface area (Å²) in [5.41, 5.74) is -1.15. The fraction of sp³-hybridized carbons (Fsp3) is 0.353. The molecule has 0 saturated heterocycles. The van der Waals surface area contributed by atoms with Gasteiger partial charge >= 0.3 is 5.69 Å². The van der Waals surface area contributed by atoms with Crippen LogP contribution in [-0.2, 0) is 18.9 Å². The van der Waals surface area contributed by atoms with Gasteiger partial charge in [-0.15, -0.1) is 0 Å². The monoisotopic (exact) mass is 663 g/mol. The van der Waals surface area contributed by atoms with Crippen LogP contribution in [0.3, 0.4) is 0 Å². The molecule has 3 aromatic rings. The van der Waals surface area contributed by atoms with Crippen LogP contribution in [0, 0.1) is 5.92 Å². The molecule has 3 heterocycles. The number of carbonyl (C=O) groups excluding carboxylic acids is 2. The Kier molecular flexibility index (Phi) is 7.74. The summed E-state index contributed by atoms with van der Waals surface area (Å²) < 4.78 is 31.1. The van der Waals surface area contributed by atoms with Crippen LogP contribution in [0.2, 0.25) is 5.02 Å². The highest BCUT2D eigenvalue weighted by Crippen LogP contribution is 2.56. The van der Waals surface area contributed by atoms with Gasteiger partial charge < -0.3 is 29.0 Å². The van der Waals surface area contributed by atoms with Crippen molar-refractivity contribution in [3.05, 3.63) is 90.2 Å². The number of fused-ring (bicyclic) bond motifs is 2. The fourth-order valence-electron chi connectivity index (χ4n) is 6.71. The number of carbonyl (C=O) groups is 2. The quantitative estimate of drug-likeness (QED) is 0.290. The zero-order valence-electron chi connectivity index (χ0n) is 27.0. The number of benzene rings is 2. The number of halogens is 1. The molecule has 0 fully saturated rings. The van der Waals surface area contributed by atoms with Gasteiger partial charge in [-0.2, -0.15) is 0 Å². The van der Waals surface area contributed by atoms with E-state index in [4.69, 9.17) is 35.3 Å². The van der Waals surface area contributed by atoms with Crippen molar-refractivity contribution < 1.29 is 33.3 Å². The van der Waals surface area contributed by atoms with Gasteiger partial charge in [0, 0.05) is 43.3 Å². The number of anilines is 1. The molecule has 0 amide bonds. The number of Topliss-reactive ketones (excluding diaryl/α,β-unsaturated/α-hetero) is 2. The summed E-state index contributed by atoms with van der Waals surface area (Å²) in [6.07, 6.45) is 0.159. The molecule has 1 aromatic heterocycles. The first-order valence-corrected chi connectivity index (χ1v) is 15.2. The first-order valence-electron chi connectivity index (χ1n) is 14.8. The van der Waals surface area contributed by atoms with Gasteiger partial charge in [-0.25, -0.2) is 4.79 Å². The summed E-state index contributed by atoms with van der Waals surface area (Å²) in [5, 5.41) is 3.24. The van der Waals surface area contributed by atoms with E-state index >= 15 is 4.79 Å². The van der Waals surface area contributed by atoms with Crippen molar-refractivity contribution in [2.45, 2.75) is 31.8 Å². The first kappa shape index (κ1) is 32.0. The van der Waals surface area contributed by atoms with Crippen LogP contribution >= 0.6 is 11.6 Å². The van der Waals surface area contributed by atoms with Gasteiger partial charge in [0.05, 0.1) is 26.9 Å². The van der Waals surface area contributed by atoms with Gasteiger partial charge in [0.15, 0.2) is 17.2 Å². The van der Waals surface area contributed by atoms with Gasteiger partial charge in [-0.3, -0.25) is 23.5 Å². The maximum atomic E-state index is 15.1. The molecule has 3 aliphatic rings. The summed E-state index contributed by atoms with van der Waals surface area (Å²) in [4.78, 5) is 56.6. The van der Waals surface area contributed by atoms with E-state index in [1.54, 1.807) is 32.2 Å². The Morgan fingerprint density at radius 2 is 1.68 bits per heavy atom. The third-order valence-electron chi connectivity index (χ3n) is 9.07. The van der Waals surface area contributed by atoms with Crippen LogP contribution in [0.1, 0.15) is 47.7 Å². The molecule has 1 aliphatic carbocycles. The van der Waals surface area contributed by atoms with Crippen molar-refractivity contribution in [2.24, 2.45) is 20.0 Å². The Bertz CT molecular complexity index is 2060. The average Bonchev–Trinajstić information content (AvgIpc) is 3.38. The highest BCUT2D eigenvalue weighted by Gasteiger charge is 2.63. The highest BCUT2D eigenvalue weighted by molar-refractivity contribution is 6.36. The van der Waals surface area contributed by atoms with Crippen LogP contribution in [0.25, 0.3) is 0 Å². The second-order valence-electron chi connectivity index (χ2n) is 12.0. The number of aromatic nitrogens is 2. The van der Waals surface area contributed by atoms with Crippen LogP contribution < -0.4 is 40.3 Å². The fourth-order valence-corrected chi connectivity index (χ4v) is 6.97. The number of methoxy groups -OCH3 is 3. The predicted molar refractivity (Wildman–Crippen MR) is 174 cm³/mol. The van der Waals surface area contributed by atoms with E-state index in [-0.39, 0.29) is 57.8 Å². The molecule has 0 bridgehead atoms. The largest absolute Gasteiger partial charge is 0.496 e. The topological polar surface area (TPSA) is 136 Å². The molecular formula is C34H34ClN3O9. The van der Waals surface area contributed by atoms with Crippen LogP contribution in [0.5, 0.6) is 28.7 Å². The van der Waals surface area contributed by atoms with Crippen LogP contribution in [0.4, 0.5) is 5.82 Å². The van der Waals surface area contributed by atoms with E-state index in [0.29, 0.717) is 22.8 Å². The third kappa shape index (κ3) is 4.49. The maximum Gasteiger partial charge on any atom is 0.332 e. The Morgan fingerprint density at radius 3 is 2.32 bits per heavy atom. The molecule has 12 nitrogen and oxygen atoms in total. The number of ketones is 2. The second-order valence-corrected chi connectivity index (χ2v) is 12.4. The summed E-state index contributed by atoms with van der Waals surface area (Å²) in [5.74, 6) is -1.65. The van der Waals surface area contributed by atoms with Crippen LogP contribution in [0.15, 0.2) is 57.3 Å². The molecule has 246 valence electrons. The minimum absolute atomic E-state index is 0.0175. The lowest BCUT2D eigenvalue weighted by Gasteiger charge is -2.42. The van der Waals surface area contributed by atoms with Gasteiger partial charge in [0.2, 0.25) is 17.2 Å². The van der Waals surface area contributed by atoms with E-state index < -0.39 is 40.3 Å². The predicted octanol–water partition coefficient (Wildman–Crippen LogP) is 4.15. The van der Waals surface area contributed by atoms with Crippen molar-refractivity contribution in [3.8, 4) is 28.7 Å². The van der Waals surface area contributed by atoms with Crippen molar-refractivity contribution in [3.63, 3.8) is 0 Å². The second kappa shape index (κ2) is 11.4. The summed E-state index contributed by atoms with van der Waals surface area (Å²) in [6, 6.07) is 6.55. The third-order valence-corrected chi connectivity index (χ3v) is 9.43. The molecule has 2 aliphatic heterocycles. The molecule has 47 heavy (non-hydrogen) atoms. The number of allylic oxidation sites excluding steroid dienone is 1. The van der Waals surface area contributed by atoms with Gasteiger partial charge in [0.25, 0.3) is 5.56 Å². The number of hydrogen-bond donors (Lipinski definition) is 1. The molecule has 2 aromatic carbocycles. The number of nitrogens with one attached hydrogen (secondary N) is 1. The Morgan fingerprint density at radius 1 is 1.00 bits per heavy atom. The number of ether oxygens (including phenoxy) is 5. The first-order chi connectivity index (χ1) is 22.3. The molecule has 6 rings (SSSR count). The molecule has 13 heteroatoms. The Labute approximate surface area is 275 Å². The SMILES string of the molecule is C=C(C)COc1cc(C2C3=C(C[C@@H](C)[C@]4(Oc5c(Cl)c(OC)cc(OC)c5C4=O)C3=O)Nc3c2c(=O)n(C)c(=O)n3C)ccc1OC. The van der Waals surface area contributed by atoms with Crippen LogP contribution in [-0.4, -0.2) is 54.2 Å². The van der Waals surface area contributed by atoms with E-state index in [0.717, 1.165) is 10.1 Å². The maximum absolute atomic E-state index is 15.1. The summed E-state index contributed by atoms with van der Waals surface area (Å²) in [7, 11) is 7.22. The normalized spacial score (nSPS) is 21.0. The highest BCUT2D eigenvalue weighted by atomic mass is 35.5. The molecule has 3 atom stereocenters. The lowest BCUT2D eigenvalue weighted by molar-refractivity contribution is -0.130. The average molecular weight is 664 g/mol. The van der Waals surface area contributed by atoms with Gasteiger partial charge in [0.1, 0.15) is 34.5 Å². The van der Waals surface area contributed by atoms with Crippen molar-refractivity contribution in [1.29, 1.82) is 0 Å².